The number of hydrogen-bond donors (Lipinski definition) is 1. The maximum Gasteiger partial charge on any atom is 0.119 e. The van der Waals surface area contributed by atoms with Gasteiger partial charge in [-0.1, -0.05) is 48.5 Å². The molecule has 0 radical (unpaired) electrons. The number of hydrogen-bond acceptors (Lipinski definition) is 4. The van der Waals surface area contributed by atoms with Crippen LogP contribution in [0.4, 0.5) is 0 Å². The zero-order valence-electron chi connectivity index (χ0n) is 16.8. The summed E-state index contributed by atoms with van der Waals surface area (Å²) in [5.41, 5.74) is 3.63. The van der Waals surface area contributed by atoms with Crippen molar-refractivity contribution in [2.24, 2.45) is 0 Å². The van der Waals surface area contributed by atoms with Gasteiger partial charge in [0.1, 0.15) is 12.4 Å². The minimum absolute atomic E-state index is 0.529. The summed E-state index contributed by atoms with van der Waals surface area (Å²) in [6.45, 7) is 4.66. The molecule has 1 N–H and O–H groups in total. The molecule has 1 aromatic heterocycles. The predicted molar refractivity (Wildman–Crippen MR) is 117 cm³/mol. The van der Waals surface area contributed by atoms with Gasteiger partial charge in [-0.05, 0) is 54.8 Å². The molecular weight excluding hydrogens is 358 g/mol. The number of nitrogens with one attached hydrogen (secondary N) is 1. The van der Waals surface area contributed by atoms with Crippen molar-refractivity contribution < 1.29 is 4.74 Å². The van der Waals surface area contributed by atoms with Crippen LogP contribution in [0.3, 0.4) is 0 Å². The standard InChI is InChI=1S/C25H29N3O/c1-2-7-22(8-3-1)20-29-25-13-11-21(12-14-25)17-27-24-10-6-16-28(19-24)18-23-9-4-5-15-26-23/h1-5,7-9,11-15,24,27H,6,10,16-20H2. The summed E-state index contributed by atoms with van der Waals surface area (Å²) < 4.78 is 5.88. The average Bonchev–Trinajstić information content (AvgIpc) is 2.79. The van der Waals surface area contributed by atoms with Crippen LogP contribution in [0.5, 0.6) is 5.75 Å². The molecule has 2 aromatic carbocycles. The normalized spacial score (nSPS) is 17.2. The van der Waals surface area contributed by atoms with Crippen LogP contribution in [0.25, 0.3) is 0 Å². The number of ether oxygens (including phenoxy) is 1. The lowest BCUT2D eigenvalue weighted by molar-refractivity contribution is 0.181. The lowest BCUT2D eigenvalue weighted by atomic mass is 10.0. The zero-order valence-corrected chi connectivity index (χ0v) is 16.8. The van der Waals surface area contributed by atoms with Gasteiger partial charge in [-0.3, -0.25) is 9.88 Å². The first-order valence-electron chi connectivity index (χ1n) is 10.5. The average molecular weight is 388 g/mol. The van der Waals surface area contributed by atoms with Gasteiger partial charge in [0.05, 0.1) is 5.69 Å². The van der Waals surface area contributed by atoms with Gasteiger partial charge in [-0.15, -0.1) is 0 Å². The second kappa shape index (κ2) is 10.2. The minimum atomic E-state index is 0.529. The molecule has 1 saturated heterocycles. The summed E-state index contributed by atoms with van der Waals surface area (Å²) in [7, 11) is 0. The SMILES string of the molecule is c1ccc(COc2ccc(CNC3CCCN(Cc4ccccn4)C3)cc2)cc1. The van der Waals surface area contributed by atoms with Crippen molar-refractivity contribution in [1.82, 2.24) is 15.2 Å². The summed E-state index contributed by atoms with van der Waals surface area (Å²) in [6.07, 6.45) is 4.34. The Labute approximate surface area is 173 Å². The van der Waals surface area contributed by atoms with Gasteiger partial charge < -0.3 is 10.1 Å². The van der Waals surface area contributed by atoms with Gasteiger partial charge in [0.15, 0.2) is 0 Å². The first kappa shape index (κ1) is 19.6. The van der Waals surface area contributed by atoms with Crippen molar-refractivity contribution in [3.63, 3.8) is 0 Å². The molecule has 0 spiro atoms. The molecule has 150 valence electrons. The van der Waals surface area contributed by atoms with Crippen molar-refractivity contribution in [3.8, 4) is 5.75 Å². The molecular formula is C25H29N3O. The Kier molecular flexibility index (Phi) is 6.89. The lowest BCUT2D eigenvalue weighted by Crippen LogP contribution is -2.45. The van der Waals surface area contributed by atoms with E-state index in [9.17, 15) is 0 Å². The van der Waals surface area contributed by atoms with E-state index >= 15 is 0 Å². The Morgan fingerprint density at radius 3 is 2.55 bits per heavy atom. The molecule has 1 aliphatic rings. The molecule has 1 aliphatic heterocycles. The highest BCUT2D eigenvalue weighted by atomic mass is 16.5. The molecule has 4 rings (SSSR count). The van der Waals surface area contributed by atoms with E-state index in [1.54, 1.807) is 0 Å². The number of likely N-dealkylation sites (tertiary alicyclic amines) is 1. The van der Waals surface area contributed by atoms with Gasteiger partial charge in [-0.25, -0.2) is 0 Å². The molecule has 4 heteroatoms. The fourth-order valence-electron chi connectivity index (χ4n) is 3.79. The van der Waals surface area contributed by atoms with Crippen molar-refractivity contribution >= 4 is 0 Å². The minimum Gasteiger partial charge on any atom is -0.489 e. The molecule has 0 bridgehead atoms. The van der Waals surface area contributed by atoms with Gasteiger partial charge in [0, 0.05) is 31.9 Å². The summed E-state index contributed by atoms with van der Waals surface area (Å²) in [5, 5.41) is 3.73. The number of rotatable bonds is 8. The summed E-state index contributed by atoms with van der Waals surface area (Å²) in [6, 6.07) is 25.4. The van der Waals surface area contributed by atoms with E-state index < -0.39 is 0 Å². The van der Waals surface area contributed by atoms with Crippen molar-refractivity contribution in [3.05, 3.63) is 95.8 Å². The van der Waals surface area contributed by atoms with Gasteiger partial charge >= 0.3 is 0 Å². The molecule has 3 aromatic rings. The second-order valence-corrected chi connectivity index (χ2v) is 7.69. The van der Waals surface area contributed by atoms with E-state index in [0.29, 0.717) is 12.6 Å². The molecule has 4 nitrogen and oxygen atoms in total. The third kappa shape index (κ3) is 6.14. The van der Waals surface area contributed by atoms with Crippen LogP contribution in [0.2, 0.25) is 0 Å². The molecule has 0 amide bonds. The van der Waals surface area contributed by atoms with E-state index in [2.05, 4.69) is 63.7 Å². The quantitative estimate of drug-likeness (QED) is 0.621. The van der Waals surface area contributed by atoms with Crippen molar-refractivity contribution in [1.29, 1.82) is 0 Å². The van der Waals surface area contributed by atoms with E-state index in [1.165, 1.54) is 24.0 Å². The van der Waals surface area contributed by atoms with Gasteiger partial charge in [0.25, 0.3) is 0 Å². The van der Waals surface area contributed by atoms with Crippen LogP contribution in [0, 0.1) is 0 Å². The lowest BCUT2D eigenvalue weighted by Gasteiger charge is -2.33. The second-order valence-electron chi connectivity index (χ2n) is 7.69. The van der Waals surface area contributed by atoms with Crippen LogP contribution in [0.1, 0.15) is 29.7 Å². The Balaban J connectivity index is 1.22. The first-order chi connectivity index (χ1) is 14.3. The fourth-order valence-corrected chi connectivity index (χ4v) is 3.79. The summed E-state index contributed by atoms with van der Waals surface area (Å²) in [4.78, 5) is 6.96. The van der Waals surface area contributed by atoms with Crippen LogP contribution < -0.4 is 10.1 Å². The van der Waals surface area contributed by atoms with Crippen molar-refractivity contribution in [2.75, 3.05) is 13.1 Å². The summed E-state index contributed by atoms with van der Waals surface area (Å²) >= 11 is 0. The number of pyridine rings is 1. The zero-order chi connectivity index (χ0) is 19.7. The Morgan fingerprint density at radius 1 is 0.931 bits per heavy atom. The van der Waals surface area contributed by atoms with E-state index in [4.69, 9.17) is 4.74 Å². The van der Waals surface area contributed by atoms with Crippen LogP contribution in [0.15, 0.2) is 79.0 Å². The number of piperidine rings is 1. The highest BCUT2D eigenvalue weighted by Gasteiger charge is 2.19. The van der Waals surface area contributed by atoms with Crippen LogP contribution in [-0.4, -0.2) is 29.0 Å². The number of aromatic nitrogens is 1. The third-order valence-corrected chi connectivity index (χ3v) is 5.38. The van der Waals surface area contributed by atoms with E-state index in [0.717, 1.165) is 37.6 Å². The van der Waals surface area contributed by atoms with Crippen LogP contribution in [-0.2, 0) is 19.7 Å². The monoisotopic (exact) mass is 387 g/mol. The Morgan fingerprint density at radius 2 is 1.76 bits per heavy atom. The molecule has 2 heterocycles. The van der Waals surface area contributed by atoms with Gasteiger partial charge in [0.2, 0.25) is 0 Å². The van der Waals surface area contributed by atoms with E-state index in [-0.39, 0.29) is 0 Å². The van der Waals surface area contributed by atoms with Gasteiger partial charge in [-0.2, -0.15) is 0 Å². The number of benzene rings is 2. The third-order valence-electron chi connectivity index (χ3n) is 5.38. The Hall–Kier alpha value is -2.69. The Bertz CT molecular complexity index is 852. The highest BCUT2D eigenvalue weighted by molar-refractivity contribution is 5.27. The summed E-state index contributed by atoms with van der Waals surface area (Å²) in [5.74, 6) is 0.914. The smallest absolute Gasteiger partial charge is 0.119 e. The molecule has 1 fully saturated rings. The van der Waals surface area contributed by atoms with E-state index in [1.807, 2.05) is 30.5 Å². The molecule has 1 atom stereocenters. The topological polar surface area (TPSA) is 37.4 Å². The first-order valence-corrected chi connectivity index (χ1v) is 10.5. The molecule has 1 unspecified atom stereocenters. The number of nitrogens with zero attached hydrogens (tertiary/aromatic N) is 2. The van der Waals surface area contributed by atoms with Crippen molar-refractivity contribution in [2.45, 2.75) is 38.6 Å². The maximum atomic E-state index is 5.88. The highest BCUT2D eigenvalue weighted by Crippen LogP contribution is 2.16. The van der Waals surface area contributed by atoms with Crippen LogP contribution >= 0.6 is 0 Å². The fraction of sp³-hybridized carbons (Fsp3) is 0.320. The largest absolute Gasteiger partial charge is 0.489 e. The maximum absolute atomic E-state index is 5.88. The molecule has 29 heavy (non-hydrogen) atoms. The molecule has 0 saturated carbocycles. The molecule has 0 aliphatic carbocycles. The predicted octanol–water partition coefficient (Wildman–Crippen LogP) is 4.41.